The number of nitrogens with zero attached hydrogens (tertiary/aromatic N) is 1. The van der Waals surface area contributed by atoms with Crippen LogP contribution >= 0.6 is 0 Å². The Morgan fingerprint density at radius 2 is 2.00 bits per heavy atom. The molecule has 15 heavy (non-hydrogen) atoms. The quantitative estimate of drug-likeness (QED) is 0.785. The second kappa shape index (κ2) is 4.39. The third-order valence-corrected chi connectivity index (χ3v) is 4.53. The van der Waals surface area contributed by atoms with Gasteiger partial charge in [-0.25, -0.2) is 12.7 Å². The van der Waals surface area contributed by atoms with E-state index in [0.717, 1.165) is 6.42 Å². The van der Waals surface area contributed by atoms with E-state index in [2.05, 4.69) is 20.8 Å². The van der Waals surface area contributed by atoms with Crippen molar-refractivity contribution >= 4 is 10.0 Å². The van der Waals surface area contributed by atoms with Crippen LogP contribution in [0.15, 0.2) is 0 Å². The highest BCUT2D eigenvalue weighted by Gasteiger charge is 2.30. The maximum absolute atomic E-state index is 11.9. The minimum Gasteiger partial charge on any atom is -0.326 e. The summed E-state index contributed by atoms with van der Waals surface area (Å²) in [5, 5.41) is 0. The van der Waals surface area contributed by atoms with Crippen LogP contribution in [0.4, 0.5) is 0 Å². The van der Waals surface area contributed by atoms with Crippen LogP contribution in [0.3, 0.4) is 0 Å². The van der Waals surface area contributed by atoms with Crippen molar-refractivity contribution in [3.63, 3.8) is 0 Å². The molecular formula is C10H22N2O2S. The van der Waals surface area contributed by atoms with Gasteiger partial charge in [0.15, 0.2) is 0 Å². The van der Waals surface area contributed by atoms with Crippen LogP contribution in [0.2, 0.25) is 0 Å². The predicted molar refractivity (Wildman–Crippen MR) is 62.0 cm³/mol. The Kier molecular flexibility index (Phi) is 3.79. The summed E-state index contributed by atoms with van der Waals surface area (Å²) in [6, 6.07) is 0.0226. The first-order valence-electron chi connectivity index (χ1n) is 5.44. The molecule has 5 heteroatoms. The fourth-order valence-electron chi connectivity index (χ4n) is 1.57. The molecule has 1 heterocycles. The first-order valence-corrected chi connectivity index (χ1v) is 7.05. The molecule has 90 valence electrons. The van der Waals surface area contributed by atoms with Crippen molar-refractivity contribution in [2.75, 3.05) is 18.8 Å². The second-order valence-corrected chi connectivity index (χ2v) is 7.62. The lowest BCUT2D eigenvalue weighted by atomic mass is 9.94. The molecule has 4 nitrogen and oxygen atoms in total. The summed E-state index contributed by atoms with van der Waals surface area (Å²) in [5.41, 5.74) is 5.76. The second-order valence-electron chi connectivity index (χ2n) is 5.53. The van der Waals surface area contributed by atoms with E-state index in [4.69, 9.17) is 5.73 Å². The summed E-state index contributed by atoms with van der Waals surface area (Å²) in [7, 11) is -3.07. The maximum Gasteiger partial charge on any atom is 0.214 e. The Morgan fingerprint density at radius 1 is 1.40 bits per heavy atom. The van der Waals surface area contributed by atoms with Crippen molar-refractivity contribution in [2.24, 2.45) is 11.1 Å². The number of nitrogens with two attached hydrogens (primary N) is 1. The molecule has 0 bridgehead atoms. The van der Waals surface area contributed by atoms with Gasteiger partial charge in [0.1, 0.15) is 0 Å². The molecule has 1 rings (SSSR count). The number of hydrogen-bond donors (Lipinski definition) is 1. The molecule has 0 aliphatic carbocycles. The monoisotopic (exact) mass is 234 g/mol. The minimum atomic E-state index is -3.07. The van der Waals surface area contributed by atoms with Gasteiger partial charge in [0.25, 0.3) is 0 Å². The Balaban J connectivity index is 2.53. The molecule has 0 aromatic rings. The highest BCUT2D eigenvalue weighted by molar-refractivity contribution is 7.89. The zero-order valence-electron chi connectivity index (χ0n) is 9.86. The van der Waals surface area contributed by atoms with Crippen LogP contribution in [0.25, 0.3) is 0 Å². The largest absolute Gasteiger partial charge is 0.326 e. The van der Waals surface area contributed by atoms with Crippen LogP contribution in [0.5, 0.6) is 0 Å². The standard InChI is InChI=1S/C10H22N2O2S/c1-10(2,3)5-7-15(13,14)12-6-4-9(11)8-12/h9H,4-8,11H2,1-3H3/t9-/m1/s1. The molecule has 2 N–H and O–H groups in total. The number of hydrogen-bond acceptors (Lipinski definition) is 3. The summed E-state index contributed by atoms with van der Waals surface area (Å²) in [6.45, 7) is 7.24. The molecule has 0 aromatic heterocycles. The average molecular weight is 234 g/mol. The van der Waals surface area contributed by atoms with Gasteiger partial charge in [-0.1, -0.05) is 20.8 Å². The van der Waals surface area contributed by atoms with E-state index >= 15 is 0 Å². The van der Waals surface area contributed by atoms with Crippen LogP contribution in [0.1, 0.15) is 33.6 Å². The minimum absolute atomic E-state index is 0.0226. The molecule has 1 fully saturated rings. The Hall–Kier alpha value is -0.130. The van der Waals surface area contributed by atoms with Gasteiger partial charge in [-0.15, -0.1) is 0 Å². The van der Waals surface area contributed by atoms with Gasteiger partial charge in [0.2, 0.25) is 10.0 Å². The fourth-order valence-corrected chi connectivity index (χ4v) is 3.50. The Morgan fingerprint density at radius 3 is 2.40 bits per heavy atom. The summed E-state index contributed by atoms with van der Waals surface area (Å²) >= 11 is 0. The lowest BCUT2D eigenvalue weighted by Gasteiger charge is -2.21. The number of rotatable bonds is 3. The maximum atomic E-state index is 11.9. The molecular weight excluding hydrogens is 212 g/mol. The van der Waals surface area contributed by atoms with Gasteiger partial charge in [-0.3, -0.25) is 0 Å². The summed E-state index contributed by atoms with van der Waals surface area (Å²) in [4.78, 5) is 0. The summed E-state index contributed by atoms with van der Waals surface area (Å²) in [5.74, 6) is 0.239. The highest BCUT2D eigenvalue weighted by Crippen LogP contribution is 2.21. The van der Waals surface area contributed by atoms with Gasteiger partial charge in [-0.05, 0) is 18.3 Å². The number of sulfonamides is 1. The van der Waals surface area contributed by atoms with E-state index in [1.54, 1.807) is 0 Å². The summed E-state index contributed by atoms with van der Waals surface area (Å²) < 4.78 is 25.3. The zero-order chi connectivity index (χ0) is 11.7. The smallest absolute Gasteiger partial charge is 0.214 e. The molecule has 0 saturated carbocycles. The van der Waals surface area contributed by atoms with Gasteiger partial charge in [-0.2, -0.15) is 0 Å². The fraction of sp³-hybridized carbons (Fsp3) is 1.00. The van der Waals surface area contributed by atoms with E-state index < -0.39 is 10.0 Å². The molecule has 0 amide bonds. The normalized spacial score (nSPS) is 24.7. The lowest BCUT2D eigenvalue weighted by molar-refractivity contribution is 0.389. The Labute approximate surface area is 92.9 Å². The van der Waals surface area contributed by atoms with Gasteiger partial charge in [0.05, 0.1) is 5.75 Å². The molecule has 0 spiro atoms. The van der Waals surface area contributed by atoms with Crippen molar-refractivity contribution in [2.45, 2.75) is 39.7 Å². The average Bonchev–Trinajstić information content (AvgIpc) is 2.48. The van der Waals surface area contributed by atoms with Crippen molar-refractivity contribution in [3.05, 3.63) is 0 Å². The van der Waals surface area contributed by atoms with Gasteiger partial charge in [0, 0.05) is 19.1 Å². The van der Waals surface area contributed by atoms with E-state index in [1.807, 2.05) is 0 Å². The van der Waals surface area contributed by atoms with E-state index in [0.29, 0.717) is 19.5 Å². The Bertz CT molecular complexity index is 306. The molecule has 0 aromatic carbocycles. The third kappa shape index (κ3) is 4.09. The molecule has 1 atom stereocenters. The molecule has 1 aliphatic heterocycles. The van der Waals surface area contributed by atoms with E-state index in [-0.39, 0.29) is 17.2 Å². The topological polar surface area (TPSA) is 63.4 Å². The van der Waals surface area contributed by atoms with Crippen molar-refractivity contribution in [3.8, 4) is 0 Å². The summed E-state index contributed by atoms with van der Waals surface area (Å²) in [6.07, 6.45) is 1.48. The van der Waals surface area contributed by atoms with Crippen molar-refractivity contribution < 1.29 is 8.42 Å². The zero-order valence-corrected chi connectivity index (χ0v) is 10.7. The van der Waals surface area contributed by atoms with Crippen molar-refractivity contribution in [1.82, 2.24) is 4.31 Å². The highest BCUT2D eigenvalue weighted by atomic mass is 32.2. The molecule has 0 unspecified atom stereocenters. The predicted octanol–water partition coefficient (Wildman–Crippen LogP) is 0.785. The first kappa shape index (κ1) is 12.9. The van der Waals surface area contributed by atoms with Gasteiger partial charge < -0.3 is 5.73 Å². The lowest BCUT2D eigenvalue weighted by Crippen LogP contribution is -2.34. The van der Waals surface area contributed by atoms with E-state index in [9.17, 15) is 8.42 Å². The van der Waals surface area contributed by atoms with Crippen LogP contribution in [0, 0.1) is 5.41 Å². The van der Waals surface area contributed by atoms with E-state index in [1.165, 1.54) is 4.31 Å². The van der Waals surface area contributed by atoms with Crippen LogP contribution in [-0.4, -0.2) is 37.6 Å². The SMILES string of the molecule is CC(C)(C)CCS(=O)(=O)N1CC[C@@H](N)C1. The molecule has 1 aliphatic rings. The first-order chi connectivity index (χ1) is 6.71. The van der Waals surface area contributed by atoms with Crippen LogP contribution in [-0.2, 0) is 10.0 Å². The molecule has 0 radical (unpaired) electrons. The molecule has 1 saturated heterocycles. The van der Waals surface area contributed by atoms with Gasteiger partial charge >= 0.3 is 0 Å². The third-order valence-electron chi connectivity index (χ3n) is 2.69. The van der Waals surface area contributed by atoms with Crippen molar-refractivity contribution in [1.29, 1.82) is 0 Å². The van der Waals surface area contributed by atoms with Crippen LogP contribution < -0.4 is 5.73 Å².